The summed E-state index contributed by atoms with van der Waals surface area (Å²) >= 11 is 0. The number of hydrogen-bond donors (Lipinski definition) is 2. The Morgan fingerprint density at radius 3 is 2.62 bits per heavy atom. The van der Waals surface area contributed by atoms with E-state index in [1.54, 1.807) is 0 Å². The van der Waals surface area contributed by atoms with Gasteiger partial charge in [0.15, 0.2) is 0 Å². The Labute approximate surface area is 95.4 Å². The van der Waals surface area contributed by atoms with Crippen LogP contribution in [0.4, 0.5) is 5.69 Å². The van der Waals surface area contributed by atoms with Crippen molar-refractivity contribution in [3.05, 3.63) is 29.8 Å². The second-order valence-corrected chi connectivity index (χ2v) is 4.19. The molecule has 0 spiro atoms. The minimum Gasteiger partial charge on any atom is -0.330 e. The van der Waals surface area contributed by atoms with Crippen LogP contribution in [-0.4, -0.2) is 19.0 Å². The van der Waals surface area contributed by atoms with Gasteiger partial charge in [0, 0.05) is 0 Å². The summed E-state index contributed by atoms with van der Waals surface area (Å²) in [4.78, 5) is 11.4. The number of rotatable bonds is 3. The van der Waals surface area contributed by atoms with E-state index in [-0.39, 0.29) is 11.8 Å². The monoisotopic (exact) mass is 219 g/mol. The lowest BCUT2D eigenvalue weighted by molar-refractivity contribution is -0.121. The first-order valence-electron chi connectivity index (χ1n) is 5.58. The third-order valence-electron chi connectivity index (χ3n) is 2.83. The molecule has 1 aromatic carbocycles. The summed E-state index contributed by atoms with van der Waals surface area (Å²) in [6.45, 7) is 3.32. The SMILES string of the molecule is CC1CN(c2ccc(CCN)cc2)NC1=O. The maximum absolute atomic E-state index is 11.4. The van der Waals surface area contributed by atoms with Crippen LogP contribution >= 0.6 is 0 Å². The first-order chi connectivity index (χ1) is 7.70. The van der Waals surface area contributed by atoms with Crippen LogP contribution < -0.4 is 16.2 Å². The van der Waals surface area contributed by atoms with E-state index in [2.05, 4.69) is 17.6 Å². The summed E-state index contributed by atoms with van der Waals surface area (Å²) in [5, 5.41) is 1.89. The molecule has 1 heterocycles. The van der Waals surface area contributed by atoms with Crippen molar-refractivity contribution in [1.29, 1.82) is 0 Å². The number of carbonyl (C=O) groups excluding carboxylic acids is 1. The Morgan fingerprint density at radius 1 is 1.44 bits per heavy atom. The van der Waals surface area contributed by atoms with Crippen LogP contribution in [-0.2, 0) is 11.2 Å². The molecule has 1 aliphatic heterocycles. The molecule has 86 valence electrons. The highest BCUT2D eigenvalue weighted by Gasteiger charge is 2.26. The molecule has 0 bridgehead atoms. The topological polar surface area (TPSA) is 58.4 Å². The zero-order valence-electron chi connectivity index (χ0n) is 9.44. The van der Waals surface area contributed by atoms with E-state index >= 15 is 0 Å². The summed E-state index contributed by atoms with van der Waals surface area (Å²) in [5.74, 6) is 0.148. The lowest BCUT2D eigenvalue weighted by Crippen LogP contribution is -2.32. The zero-order chi connectivity index (χ0) is 11.5. The normalized spacial score (nSPS) is 20.0. The van der Waals surface area contributed by atoms with E-state index < -0.39 is 0 Å². The Kier molecular flexibility index (Phi) is 3.10. The molecule has 1 saturated heterocycles. The zero-order valence-corrected chi connectivity index (χ0v) is 9.44. The number of nitrogens with two attached hydrogens (primary N) is 1. The van der Waals surface area contributed by atoms with Crippen LogP contribution in [0, 0.1) is 5.92 Å². The van der Waals surface area contributed by atoms with E-state index in [0.29, 0.717) is 6.54 Å². The molecular formula is C12H17N3O. The van der Waals surface area contributed by atoms with Crippen molar-refractivity contribution >= 4 is 11.6 Å². The van der Waals surface area contributed by atoms with Crippen LogP contribution in [0.3, 0.4) is 0 Å². The molecule has 1 amide bonds. The van der Waals surface area contributed by atoms with Gasteiger partial charge >= 0.3 is 0 Å². The maximum Gasteiger partial charge on any atom is 0.243 e. The van der Waals surface area contributed by atoms with Crippen LogP contribution in [0.25, 0.3) is 0 Å². The number of nitrogens with one attached hydrogen (secondary N) is 1. The highest BCUT2D eigenvalue weighted by molar-refractivity contribution is 5.83. The van der Waals surface area contributed by atoms with Crippen LogP contribution in [0.5, 0.6) is 0 Å². The molecule has 0 aliphatic carbocycles. The van der Waals surface area contributed by atoms with Crippen molar-refractivity contribution in [2.24, 2.45) is 11.7 Å². The van der Waals surface area contributed by atoms with E-state index in [1.807, 2.05) is 24.1 Å². The average molecular weight is 219 g/mol. The molecule has 0 radical (unpaired) electrons. The van der Waals surface area contributed by atoms with Crippen molar-refractivity contribution in [2.45, 2.75) is 13.3 Å². The fraction of sp³-hybridized carbons (Fsp3) is 0.417. The van der Waals surface area contributed by atoms with Crippen LogP contribution in [0.15, 0.2) is 24.3 Å². The first-order valence-corrected chi connectivity index (χ1v) is 5.58. The van der Waals surface area contributed by atoms with Crippen molar-refractivity contribution < 1.29 is 4.79 Å². The second-order valence-electron chi connectivity index (χ2n) is 4.19. The van der Waals surface area contributed by atoms with Gasteiger partial charge in [0.2, 0.25) is 5.91 Å². The summed E-state index contributed by atoms with van der Waals surface area (Å²) in [6.07, 6.45) is 0.892. The molecule has 4 nitrogen and oxygen atoms in total. The largest absolute Gasteiger partial charge is 0.330 e. The summed E-state index contributed by atoms with van der Waals surface area (Å²) in [5.41, 5.74) is 10.6. The number of carbonyl (C=O) groups is 1. The summed E-state index contributed by atoms with van der Waals surface area (Å²) < 4.78 is 0. The van der Waals surface area contributed by atoms with Gasteiger partial charge in [0.1, 0.15) is 0 Å². The Morgan fingerprint density at radius 2 is 2.12 bits per heavy atom. The molecule has 3 N–H and O–H groups in total. The number of benzene rings is 1. The minimum absolute atomic E-state index is 0.0590. The third kappa shape index (κ3) is 2.17. The molecule has 4 heteroatoms. The average Bonchev–Trinajstić information content (AvgIpc) is 2.61. The molecule has 0 aromatic heterocycles. The van der Waals surface area contributed by atoms with Gasteiger partial charge in [-0.2, -0.15) is 0 Å². The van der Waals surface area contributed by atoms with Crippen LogP contribution in [0.1, 0.15) is 12.5 Å². The lowest BCUT2D eigenvalue weighted by atomic mass is 10.1. The van der Waals surface area contributed by atoms with E-state index in [0.717, 1.165) is 18.7 Å². The van der Waals surface area contributed by atoms with Crippen molar-refractivity contribution in [3.8, 4) is 0 Å². The molecule has 1 fully saturated rings. The van der Waals surface area contributed by atoms with Gasteiger partial charge in [-0.3, -0.25) is 15.2 Å². The highest BCUT2D eigenvalue weighted by atomic mass is 16.2. The third-order valence-corrected chi connectivity index (χ3v) is 2.83. The molecule has 1 aromatic rings. The Hall–Kier alpha value is -1.55. The van der Waals surface area contributed by atoms with E-state index in [9.17, 15) is 4.79 Å². The molecule has 16 heavy (non-hydrogen) atoms. The van der Waals surface area contributed by atoms with Gasteiger partial charge in [-0.15, -0.1) is 0 Å². The molecule has 2 rings (SSSR count). The quantitative estimate of drug-likeness (QED) is 0.785. The van der Waals surface area contributed by atoms with Crippen molar-refractivity contribution in [1.82, 2.24) is 5.43 Å². The van der Waals surface area contributed by atoms with Gasteiger partial charge < -0.3 is 5.73 Å². The number of amides is 1. The molecule has 1 unspecified atom stereocenters. The Balaban J connectivity index is 2.08. The van der Waals surface area contributed by atoms with Gasteiger partial charge in [0.05, 0.1) is 18.2 Å². The van der Waals surface area contributed by atoms with Gasteiger partial charge in [-0.05, 0) is 30.7 Å². The number of hydrogen-bond acceptors (Lipinski definition) is 3. The fourth-order valence-corrected chi connectivity index (χ4v) is 1.82. The number of hydrazine groups is 1. The maximum atomic E-state index is 11.4. The summed E-state index contributed by atoms with van der Waals surface area (Å²) in [7, 11) is 0. The summed E-state index contributed by atoms with van der Waals surface area (Å²) in [6, 6.07) is 8.14. The Bertz CT molecular complexity index is 374. The van der Waals surface area contributed by atoms with E-state index in [1.165, 1.54) is 5.56 Å². The lowest BCUT2D eigenvalue weighted by Gasteiger charge is -2.17. The van der Waals surface area contributed by atoms with Crippen LogP contribution in [0.2, 0.25) is 0 Å². The fourth-order valence-electron chi connectivity index (χ4n) is 1.82. The van der Waals surface area contributed by atoms with Crippen molar-refractivity contribution in [3.63, 3.8) is 0 Å². The first kappa shape index (κ1) is 11.0. The standard InChI is InChI=1S/C12H17N3O/c1-9-8-15(14-12(9)16)11-4-2-10(3-5-11)6-7-13/h2-5,9H,6-8,13H2,1H3,(H,14,16). The van der Waals surface area contributed by atoms with Gasteiger partial charge in [-0.1, -0.05) is 19.1 Å². The molecule has 1 atom stereocenters. The predicted molar refractivity (Wildman–Crippen MR) is 63.9 cm³/mol. The molecule has 1 aliphatic rings. The molecular weight excluding hydrogens is 202 g/mol. The smallest absolute Gasteiger partial charge is 0.243 e. The second kappa shape index (κ2) is 4.53. The number of anilines is 1. The number of nitrogens with zero attached hydrogens (tertiary/aromatic N) is 1. The molecule has 0 saturated carbocycles. The van der Waals surface area contributed by atoms with E-state index in [4.69, 9.17) is 5.73 Å². The predicted octanol–water partition coefficient (Wildman–Crippen LogP) is 0.675. The highest BCUT2D eigenvalue weighted by Crippen LogP contribution is 2.18. The van der Waals surface area contributed by atoms with Gasteiger partial charge in [0.25, 0.3) is 0 Å². The van der Waals surface area contributed by atoms with Gasteiger partial charge in [-0.25, -0.2) is 0 Å². The minimum atomic E-state index is 0.0590. The van der Waals surface area contributed by atoms with Crippen molar-refractivity contribution in [2.75, 3.05) is 18.1 Å².